The molecule has 3 rings (SSSR count). The highest BCUT2D eigenvalue weighted by atomic mass is 14.2. The molecule has 2 aromatic carbocycles. The third-order valence-electron chi connectivity index (χ3n) is 3.71. The summed E-state index contributed by atoms with van der Waals surface area (Å²) in [6, 6.07) is 13.2. The molecule has 0 aromatic heterocycles. The van der Waals surface area contributed by atoms with E-state index in [2.05, 4.69) is 49.9 Å². The fraction of sp³-hybridized carbons (Fsp3) is 0.176. The van der Waals surface area contributed by atoms with Gasteiger partial charge in [0.25, 0.3) is 0 Å². The van der Waals surface area contributed by atoms with Gasteiger partial charge in [0.05, 0.1) is 0 Å². The van der Waals surface area contributed by atoms with Gasteiger partial charge in [0.2, 0.25) is 0 Å². The van der Waals surface area contributed by atoms with Crippen LogP contribution in [0.15, 0.2) is 43.0 Å². The van der Waals surface area contributed by atoms with Crippen LogP contribution in [0.25, 0.3) is 17.2 Å². The molecule has 1 aliphatic rings. The summed E-state index contributed by atoms with van der Waals surface area (Å²) in [5, 5.41) is 0. The number of aryl methyl sites for hydroxylation is 1. The van der Waals surface area contributed by atoms with Gasteiger partial charge in [-0.2, -0.15) is 0 Å². The molecule has 1 aliphatic carbocycles. The second-order valence-electron chi connectivity index (χ2n) is 4.56. The predicted octanol–water partition coefficient (Wildman–Crippen LogP) is 4.46. The van der Waals surface area contributed by atoms with Crippen molar-refractivity contribution < 1.29 is 0 Å². The Morgan fingerprint density at radius 2 is 1.94 bits per heavy atom. The molecule has 17 heavy (non-hydrogen) atoms. The number of benzene rings is 2. The van der Waals surface area contributed by atoms with Gasteiger partial charge in [0.15, 0.2) is 0 Å². The molecule has 0 amide bonds. The van der Waals surface area contributed by atoms with Crippen LogP contribution in [-0.2, 0) is 12.8 Å². The second-order valence-corrected chi connectivity index (χ2v) is 4.56. The lowest BCUT2D eigenvalue weighted by Crippen LogP contribution is -1.93. The molecule has 0 unspecified atom stereocenters. The van der Waals surface area contributed by atoms with Gasteiger partial charge in [-0.25, -0.2) is 0 Å². The van der Waals surface area contributed by atoms with Gasteiger partial charge in [-0.3, -0.25) is 0 Å². The third-order valence-corrected chi connectivity index (χ3v) is 3.71. The molecule has 0 bridgehead atoms. The molecule has 0 aliphatic heterocycles. The first kappa shape index (κ1) is 10.3. The van der Waals surface area contributed by atoms with Gasteiger partial charge < -0.3 is 0 Å². The normalized spacial score (nSPS) is 12.1. The summed E-state index contributed by atoms with van der Waals surface area (Å²) in [4.78, 5) is 0. The molecule has 0 heteroatoms. The van der Waals surface area contributed by atoms with Crippen LogP contribution < -0.4 is 0 Å². The Morgan fingerprint density at radius 1 is 1.12 bits per heavy atom. The Labute approximate surface area is 103 Å². The first-order valence-electron chi connectivity index (χ1n) is 6.20. The highest BCUT2D eigenvalue weighted by Gasteiger charge is 2.20. The van der Waals surface area contributed by atoms with E-state index in [1.54, 1.807) is 0 Å². The molecule has 0 saturated heterocycles. The maximum absolute atomic E-state index is 3.98. The van der Waals surface area contributed by atoms with Crippen molar-refractivity contribution in [2.75, 3.05) is 0 Å². The molecule has 0 nitrogen and oxygen atoms in total. The zero-order valence-electron chi connectivity index (χ0n) is 10.2. The molecule has 0 N–H and O–H groups in total. The van der Waals surface area contributed by atoms with E-state index < -0.39 is 0 Å². The minimum atomic E-state index is 1.06. The lowest BCUT2D eigenvalue weighted by molar-refractivity contribution is 1.11. The molecule has 0 atom stereocenters. The van der Waals surface area contributed by atoms with E-state index in [0.29, 0.717) is 0 Å². The van der Waals surface area contributed by atoms with E-state index in [0.717, 1.165) is 12.8 Å². The van der Waals surface area contributed by atoms with Crippen LogP contribution >= 0.6 is 0 Å². The van der Waals surface area contributed by atoms with Gasteiger partial charge in [0, 0.05) is 0 Å². The molecular weight excluding hydrogens is 204 g/mol. The average Bonchev–Trinajstić information content (AvgIpc) is 2.75. The van der Waals surface area contributed by atoms with E-state index >= 15 is 0 Å². The molecular formula is C17H16. The summed E-state index contributed by atoms with van der Waals surface area (Å²) in [5.41, 5.74) is 8.45. The maximum atomic E-state index is 3.98. The van der Waals surface area contributed by atoms with Crippen molar-refractivity contribution in [2.24, 2.45) is 0 Å². The Kier molecular flexibility index (Phi) is 2.36. The van der Waals surface area contributed by atoms with Crippen molar-refractivity contribution in [3.05, 3.63) is 65.2 Å². The van der Waals surface area contributed by atoms with E-state index in [-0.39, 0.29) is 0 Å². The summed E-state index contributed by atoms with van der Waals surface area (Å²) < 4.78 is 0. The van der Waals surface area contributed by atoms with Crippen LogP contribution in [0.3, 0.4) is 0 Å². The molecule has 84 valence electrons. The molecule has 0 fully saturated rings. The van der Waals surface area contributed by atoms with Crippen molar-refractivity contribution in [1.82, 2.24) is 0 Å². The quantitative estimate of drug-likeness (QED) is 0.598. The fourth-order valence-electron chi connectivity index (χ4n) is 2.85. The number of fused-ring (bicyclic) bond motifs is 3. The first-order chi connectivity index (χ1) is 8.35. The number of hydrogen-bond acceptors (Lipinski definition) is 0. The molecule has 0 saturated carbocycles. The van der Waals surface area contributed by atoms with Gasteiger partial charge in [-0.05, 0) is 46.2 Å². The SMILES string of the molecule is C=Cc1c(CC)ccc2c1Cc1ccccc1-2. The Bertz CT molecular complexity index is 591. The second kappa shape index (κ2) is 3.89. The van der Waals surface area contributed by atoms with Crippen molar-refractivity contribution in [3.63, 3.8) is 0 Å². The monoisotopic (exact) mass is 220 g/mol. The minimum absolute atomic E-state index is 1.06. The predicted molar refractivity (Wildman–Crippen MR) is 74.2 cm³/mol. The summed E-state index contributed by atoms with van der Waals surface area (Å²) in [5.74, 6) is 0. The van der Waals surface area contributed by atoms with E-state index in [9.17, 15) is 0 Å². The van der Waals surface area contributed by atoms with Gasteiger partial charge >= 0.3 is 0 Å². The highest BCUT2D eigenvalue weighted by Crippen LogP contribution is 2.39. The average molecular weight is 220 g/mol. The van der Waals surface area contributed by atoms with E-state index in [4.69, 9.17) is 0 Å². The zero-order chi connectivity index (χ0) is 11.8. The zero-order valence-corrected chi connectivity index (χ0v) is 10.2. The van der Waals surface area contributed by atoms with Crippen molar-refractivity contribution in [1.29, 1.82) is 0 Å². The van der Waals surface area contributed by atoms with E-state index in [1.807, 2.05) is 6.08 Å². The van der Waals surface area contributed by atoms with Crippen LogP contribution in [0, 0.1) is 0 Å². The maximum Gasteiger partial charge on any atom is -0.000741 e. The van der Waals surface area contributed by atoms with Gasteiger partial charge in [-0.1, -0.05) is 56.0 Å². The van der Waals surface area contributed by atoms with Crippen LogP contribution in [-0.4, -0.2) is 0 Å². The lowest BCUT2D eigenvalue weighted by Gasteiger charge is -2.09. The third kappa shape index (κ3) is 1.44. The summed E-state index contributed by atoms with van der Waals surface area (Å²) in [7, 11) is 0. The number of rotatable bonds is 2. The molecule has 0 heterocycles. The lowest BCUT2D eigenvalue weighted by atomic mass is 9.95. The summed E-state index contributed by atoms with van der Waals surface area (Å²) in [6.45, 7) is 6.19. The largest absolute Gasteiger partial charge is 0.0984 e. The van der Waals surface area contributed by atoms with Gasteiger partial charge in [0.1, 0.15) is 0 Å². The van der Waals surface area contributed by atoms with Crippen LogP contribution in [0.2, 0.25) is 0 Å². The number of hydrogen-bond donors (Lipinski definition) is 0. The molecule has 0 radical (unpaired) electrons. The standard InChI is InChI=1S/C17H16/c1-3-12-9-10-16-15-8-6-5-7-13(15)11-17(16)14(12)4-2/h4-10H,2-3,11H2,1H3. The molecule has 0 spiro atoms. The first-order valence-corrected chi connectivity index (χ1v) is 6.20. The topological polar surface area (TPSA) is 0 Å². The van der Waals surface area contributed by atoms with Crippen molar-refractivity contribution >= 4 is 6.08 Å². The van der Waals surface area contributed by atoms with Crippen LogP contribution in [0.4, 0.5) is 0 Å². The van der Waals surface area contributed by atoms with Gasteiger partial charge in [-0.15, -0.1) is 0 Å². The Balaban J connectivity index is 2.27. The Hall–Kier alpha value is -1.82. The summed E-state index contributed by atoms with van der Waals surface area (Å²) in [6.07, 6.45) is 4.15. The Morgan fingerprint density at radius 3 is 2.71 bits per heavy atom. The van der Waals surface area contributed by atoms with E-state index in [1.165, 1.54) is 33.4 Å². The highest BCUT2D eigenvalue weighted by molar-refractivity contribution is 5.81. The van der Waals surface area contributed by atoms with Crippen LogP contribution in [0.5, 0.6) is 0 Å². The fourth-order valence-corrected chi connectivity index (χ4v) is 2.85. The molecule has 2 aromatic rings. The smallest absolute Gasteiger partial charge is 0.000741 e. The van der Waals surface area contributed by atoms with Crippen molar-refractivity contribution in [3.8, 4) is 11.1 Å². The van der Waals surface area contributed by atoms with Crippen LogP contribution in [0.1, 0.15) is 29.2 Å². The summed E-state index contributed by atoms with van der Waals surface area (Å²) >= 11 is 0. The minimum Gasteiger partial charge on any atom is -0.0984 e. The van der Waals surface area contributed by atoms with Crippen molar-refractivity contribution in [2.45, 2.75) is 19.8 Å².